The average Bonchev–Trinajstić information content (AvgIpc) is 2.77. The van der Waals surface area contributed by atoms with Crippen molar-refractivity contribution in [3.05, 3.63) is 65.7 Å². The highest BCUT2D eigenvalue weighted by Gasteiger charge is 2.50. The van der Waals surface area contributed by atoms with E-state index in [0.717, 1.165) is 49.8 Å². The molecule has 0 spiro atoms. The lowest BCUT2D eigenvalue weighted by molar-refractivity contribution is -0.175. The molecule has 0 N–H and O–H groups in total. The molecule has 2 heterocycles. The van der Waals surface area contributed by atoms with Gasteiger partial charge in [-0.2, -0.15) is 0 Å². The van der Waals surface area contributed by atoms with Crippen LogP contribution < -0.4 is 4.90 Å². The molecular formula is C26H31NO3. The SMILES string of the molecule is CCCCCCC1(c2ccccc2)CC(=O)C(N2CCCc3ccccc32)C(=O)O1. The minimum Gasteiger partial charge on any atom is -0.452 e. The van der Waals surface area contributed by atoms with E-state index < -0.39 is 17.6 Å². The number of rotatable bonds is 7. The maximum absolute atomic E-state index is 13.4. The van der Waals surface area contributed by atoms with Gasteiger partial charge in [0.05, 0.1) is 6.42 Å². The molecule has 2 unspecified atom stereocenters. The molecular weight excluding hydrogens is 374 g/mol. The zero-order valence-electron chi connectivity index (χ0n) is 17.8. The molecule has 4 heteroatoms. The summed E-state index contributed by atoms with van der Waals surface area (Å²) in [7, 11) is 0. The number of anilines is 1. The number of para-hydroxylation sites is 1. The number of aryl methyl sites for hydroxylation is 1. The Kier molecular flexibility index (Phi) is 6.21. The van der Waals surface area contributed by atoms with E-state index in [1.54, 1.807) is 0 Å². The maximum Gasteiger partial charge on any atom is 0.337 e. The Labute approximate surface area is 179 Å². The van der Waals surface area contributed by atoms with Gasteiger partial charge in [0.2, 0.25) is 0 Å². The van der Waals surface area contributed by atoms with Gasteiger partial charge in [-0.05, 0) is 42.9 Å². The number of unbranched alkanes of at least 4 members (excludes halogenated alkanes) is 3. The van der Waals surface area contributed by atoms with E-state index in [9.17, 15) is 9.59 Å². The molecule has 1 fully saturated rings. The predicted molar refractivity (Wildman–Crippen MR) is 118 cm³/mol. The molecule has 4 nitrogen and oxygen atoms in total. The van der Waals surface area contributed by atoms with Crippen LogP contribution in [-0.4, -0.2) is 24.3 Å². The summed E-state index contributed by atoms with van der Waals surface area (Å²) in [4.78, 5) is 28.7. The normalized spacial score (nSPS) is 23.8. The van der Waals surface area contributed by atoms with Crippen LogP contribution in [-0.2, 0) is 26.3 Å². The number of ether oxygens (including phenoxy) is 1. The fraction of sp³-hybridized carbons (Fsp3) is 0.462. The third-order valence-electron chi connectivity index (χ3n) is 6.48. The van der Waals surface area contributed by atoms with Crippen molar-refractivity contribution in [2.24, 2.45) is 0 Å². The van der Waals surface area contributed by atoms with Gasteiger partial charge in [-0.1, -0.05) is 74.7 Å². The summed E-state index contributed by atoms with van der Waals surface area (Å²) in [6.45, 7) is 2.88. The molecule has 0 saturated carbocycles. The summed E-state index contributed by atoms with van der Waals surface area (Å²) >= 11 is 0. The molecule has 158 valence electrons. The van der Waals surface area contributed by atoms with E-state index in [0.29, 0.717) is 13.0 Å². The van der Waals surface area contributed by atoms with Crippen LogP contribution >= 0.6 is 0 Å². The first kappa shape index (κ1) is 20.6. The van der Waals surface area contributed by atoms with Crippen molar-refractivity contribution in [3.8, 4) is 0 Å². The first-order valence-corrected chi connectivity index (χ1v) is 11.3. The van der Waals surface area contributed by atoms with Gasteiger partial charge in [0, 0.05) is 12.2 Å². The van der Waals surface area contributed by atoms with Crippen LogP contribution in [0, 0.1) is 0 Å². The fourth-order valence-corrected chi connectivity index (χ4v) is 4.95. The molecule has 2 aromatic carbocycles. The van der Waals surface area contributed by atoms with Crippen LogP contribution in [0.2, 0.25) is 0 Å². The predicted octanol–water partition coefficient (Wildman–Crippen LogP) is 5.19. The second kappa shape index (κ2) is 9.03. The first-order chi connectivity index (χ1) is 14.6. The number of carbonyl (C=O) groups is 2. The van der Waals surface area contributed by atoms with Gasteiger partial charge in [0.25, 0.3) is 0 Å². The van der Waals surface area contributed by atoms with E-state index in [1.165, 1.54) is 5.56 Å². The minimum atomic E-state index is -0.838. The molecule has 2 aliphatic heterocycles. The molecule has 0 aliphatic carbocycles. The number of cyclic esters (lactones) is 1. The van der Waals surface area contributed by atoms with Gasteiger partial charge in [0.15, 0.2) is 11.8 Å². The van der Waals surface area contributed by atoms with Gasteiger partial charge in [0.1, 0.15) is 5.60 Å². The number of Topliss-reactive ketones (excluding diaryl/α,β-unsaturated/α-hetero) is 1. The van der Waals surface area contributed by atoms with Gasteiger partial charge in [-0.3, -0.25) is 4.79 Å². The van der Waals surface area contributed by atoms with Gasteiger partial charge in [-0.15, -0.1) is 0 Å². The Hall–Kier alpha value is -2.62. The number of carbonyl (C=O) groups excluding carboxylic acids is 2. The van der Waals surface area contributed by atoms with Crippen molar-refractivity contribution in [3.63, 3.8) is 0 Å². The van der Waals surface area contributed by atoms with Gasteiger partial charge >= 0.3 is 5.97 Å². The molecule has 4 rings (SSSR count). The smallest absolute Gasteiger partial charge is 0.337 e. The average molecular weight is 406 g/mol. The number of ketones is 1. The topological polar surface area (TPSA) is 46.6 Å². The molecule has 2 atom stereocenters. The molecule has 0 aromatic heterocycles. The van der Waals surface area contributed by atoms with Crippen molar-refractivity contribution in [1.82, 2.24) is 0 Å². The lowest BCUT2D eigenvalue weighted by Crippen LogP contribution is -2.57. The van der Waals surface area contributed by atoms with E-state index >= 15 is 0 Å². The van der Waals surface area contributed by atoms with Crippen LogP contribution in [0.15, 0.2) is 54.6 Å². The second-order valence-electron chi connectivity index (χ2n) is 8.56. The fourth-order valence-electron chi connectivity index (χ4n) is 4.95. The van der Waals surface area contributed by atoms with E-state index in [-0.39, 0.29) is 12.2 Å². The summed E-state index contributed by atoms with van der Waals surface area (Å²) in [6, 6.07) is 17.1. The lowest BCUT2D eigenvalue weighted by Gasteiger charge is -2.44. The van der Waals surface area contributed by atoms with Crippen molar-refractivity contribution in [2.75, 3.05) is 11.4 Å². The Morgan fingerprint density at radius 2 is 1.77 bits per heavy atom. The van der Waals surface area contributed by atoms with Crippen LogP contribution in [0.5, 0.6) is 0 Å². The molecule has 0 amide bonds. The summed E-state index contributed by atoms with van der Waals surface area (Å²) < 4.78 is 6.19. The van der Waals surface area contributed by atoms with Crippen molar-refractivity contribution in [2.45, 2.75) is 69.9 Å². The molecule has 0 radical (unpaired) electrons. The Morgan fingerprint density at radius 3 is 2.53 bits per heavy atom. The quantitative estimate of drug-likeness (QED) is 0.361. The number of nitrogens with zero attached hydrogens (tertiary/aromatic N) is 1. The zero-order chi connectivity index (χ0) is 21.0. The number of hydrogen-bond donors (Lipinski definition) is 0. The van der Waals surface area contributed by atoms with Crippen molar-refractivity contribution >= 4 is 17.4 Å². The van der Waals surface area contributed by atoms with Crippen molar-refractivity contribution in [1.29, 1.82) is 0 Å². The highest BCUT2D eigenvalue weighted by atomic mass is 16.6. The monoisotopic (exact) mass is 405 g/mol. The molecule has 2 aromatic rings. The Balaban J connectivity index is 1.61. The summed E-state index contributed by atoms with van der Waals surface area (Å²) in [5.74, 6) is -0.426. The second-order valence-corrected chi connectivity index (χ2v) is 8.56. The van der Waals surface area contributed by atoms with Crippen LogP contribution in [0.1, 0.15) is 63.0 Å². The lowest BCUT2D eigenvalue weighted by atomic mass is 9.80. The highest BCUT2D eigenvalue weighted by molar-refractivity contribution is 6.08. The van der Waals surface area contributed by atoms with Gasteiger partial charge in [-0.25, -0.2) is 4.79 Å². The third-order valence-corrected chi connectivity index (χ3v) is 6.48. The molecule has 1 saturated heterocycles. The summed E-state index contributed by atoms with van der Waals surface area (Å²) in [6.07, 6.45) is 7.19. The van der Waals surface area contributed by atoms with Gasteiger partial charge < -0.3 is 9.64 Å². The van der Waals surface area contributed by atoms with E-state index in [2.05, 4.69) is 13.0 Å². The van der Waals surface area contributed by atoms with E-state index in [1.807, 2.05) is 53.4 Å². The Bertz CT molecular complexity index is 874. The zero-order valence-corrected chi connectivity index (χ0v) is 17.8. The molecule has 0 bridgehead atoms. The number of hydrogen-bond acceptors (Lipinski definition) is 4. The third kappa shape index (κ3) is 4.00. The summed E-state index contributed by atoms with van der Waals surface area (Å²) in [5, 5.41) is 0. The molecule has 2 aliphatic rings. The number of benzene rings is 2. The number of esters is 1. The van der Waals surface area contributed by atoms with E-state index in [4.69, 9.17) is 4.74 Å². The largest absolute Gasteiger partial charge is 0.452 e. The van der Waals surface area contributed by atoms with Crippen molar-refractivity contribution < 1.29 is 14.3 Å². The highest BCUT2D eigenvalue weighted by Crippen LogP contribution is 2.41. The van der Waals surface area contributed by atoms with Crippen LogP contribution in [0.25, 0.3) is 0 Å². The maximum atomic E-state index is 13.4. The van der Waals surface area contributed by atoms with Crippen LogP contribution in [0.4, 0.5) is 5.69 Å². The Morgan fingerprint density at radius 1 is 1.00 bits per heavy atom. The summed E-state index contributed by atoms with van der Waals surface area (Å²) in [5.41, 5.74) is 2.29. The minimum absolute atomic E-state index is 0.0257. The number of fused-ring (bicyclic) bond motifs is 1. The molecule has 30 heavy (non-hydrogen) atoms. The van der Waals surface area contributed by atoms with Crippen LogP contribution in [0.3, 0.4) is 0 Å². The first-order valence-electron chi connectivity index (χ1n) is 11.3. The standard InChI is InChI=1S/C26H31NO3/c1-2-3-4-10-17-26(21-14-6-5-7-15-21)19-23(28)24(25(29)30-26)27-18-11-13-20-12-8-9-16-22(20)27/h5-9,12,14-16,24H,2-4,10-11,13,17-19H2,1H3.